The Morgan fingerprint density at radius 1 is 1.00 bits per heavy atom. The first kappa shape index (κ1) is 14.8. The van der Waals surface area contributed by atoms with Crippen molar-refractivity contribution < 1.29 is 9.47 Å². The number of benzene rings is 1. The van der Waals surface area contributed by atoms with Gasteiger partial charge in [-0.3, -0.25) is 0 Å². The van der Waals surface area contributed by atoms with E-state index in [0.29, 0.717) is 0 Å². The second-order valence-electron chi connectivity index (χ2n) is 5.50. The van der Waals surface area contributed by atoms with Gasteiger partial charge >= 0.3 is 0 Å². The SMILES string of the molecule is COc1cc(CCCNC(C)(C)C)cc(OC)c1. The molecule has 1 rings (SSSR count). The summed E-state index contributed by atoms with van der Waals surface area (Å²) in [6, 6.07) is 6.04. The van der Waals surface area contributed by atoms with Gasteiger partial charge in [0.25, 0.3) is 0 Å². The molecule has 18 heavy (non-hydrogen) atoms. The van der Waals surface area contributed by atoms with Gasteiger partial charge in [-0.2, -0.15) is 0 Å². The van der Waals surface area contributed by atoms with Gasteiger partial charge < -0.3 is 14.8 Å². The maximum atomic E-state index is 5.26. The van der Waals surface area contributed by atoms with Crippen LogP contribution < -0.4 is 14.8 Å². The van der Waals surface area contributed by atoms with Crippen molar-refractivity contribution in [2.45, 2.75) is 39.2 Å². The molecule has 1 N–H and O–H groups in total. The minimum Gasteiger partial charge on any atom is -0.497 e. The molecule has 3 nitrogen and oxygen atoms in total. The number of hydrogen-bond acceptors (Lipinski definition) is 3. The van der Waals surface area contributed by atoms with Crippen LogP contribution in [0, 0.1) is 0 Å². The number of methoxy groups -OCH3 is 2. The van der Waals surface area contributed by atoms with Crippen LogP contribution in [-0.4, -0.2) is 26.3 Å². The van der Waals surface area contributed by atoms with E-state index < -0.39 is 0 Å². The van der Waals surface area contributed by atoms with Crippen LogP contribution >= 0.6 is 0 Å². The zero-order valence-electron chi connectivity index (χ0n) is 12.2. The molecule has 0 aliphatic heterocycles. The number of nitrogens with one attached hydrogen (secondary N) is 1. The first-order valence-corrected chi connectivity index (χ1v) is 6.41. The van der Waals surface area contributed by atoms with Crippen LogP contribution in [-0.2, 0) is 6.42 Å². The highest BCUT2D eigenvalue weighted by molar-refractivity contribution is 5.38. The average Bonchev–Trinajstić information content (AvgIpc) is 2.33. The molecule has 0 unspecified atom stereocenters. The summed E-state index contributed by atoms with van der Waals surface area (Å²) in [4.78, 5) is 0. The Hall–Kier alpha value is -1.22. The molecule has 0 amide bonds. The molecule has 0 aromatic heterocycles. The molecule has 3 heteroatoms. The lowest BCUT2D eigenvalue weighted by atomic mass is 10.1. The van der Waals surface area contributed by atoms with E-state index in [-0.39, 0.29) is 5.54 Å². The lowest BCUT2D eigenvalue weighted by Crippen LogP contribution is -2.36. The average molecular weight is 251 g/mol. The number of aryl methyl sites for hydroxylation is 1. The van der Waals surface area contributed by atoms with Gasteiger partial charge in [-0.05, 0) is 57.9 Å². The van der Waals surface area contributed by atoms with E-state index >= 15 is 0 Å². The van der Waals surface area contributed by atoms with Crippen molar-refractivity contribution in [1.82, 2.24) is 5.32 Å². The Morgan fingerprint density at radius 3 is 2.00 bits per heavy atom. The molecular weight excluding hydrogens is 226 g/mol. The van der Waals surface area contributed by atoms with Gasteiger partial charge in [-0.15, -0.1) is 0 Å². The smallest absolute Gasteiger partial charge is 0.122 e. The summed E-state index contributed by atoms with van der Waals surface area (Å²) in [6.45, 7) is 7.56. The minimum atomic E-state index is 0.187. The summed E-state index contributed by atoms with van der Waals surface area (Å²) < 4.78 is 10.5. The van der Waals surface area contributed by atoms with Gasteiger partial charge in [0, 0.05) is 11.6 Å². The molecule has 0 spiro atoms. The molecule has 102 valence electrons. The van der Waals surface area contributed by atoms with E-state index in [0.717, 1.165) is 30.9 Å². The minimum absolute atomic E-state index is 0.187. The van der Waals surface area contributed by atoms with Crippen molar-refractivity contribution in [2.75, 3.05) is 20.8 Å². The van der Waals surface area contributed by atoms with Gasteiger partial charge in [0.1, 0.15) is 11.5 Å². The Kier molecular flexibility index (Phi) is 5.48. The first-order valence-electron chi connectivity index (χ1n) is 6.41. The van der Waals surface area contributed by atoms with Gasteiger partial charge in [-0.25, -0.2) is 0 Å². The van der Waals surface area contributed by atoms with Gasteiger partial charge in [0.05, 0.1) is 14.2 Å². The van der Waals surface area contributed by atoms with E-state index in [4.69, 9.17) is 9.47 Å². The van der Waals surface area contributed by atoms with Crippen molar-refractivity contribution >= 4 is 0 Å². The molecule has 1 aromatic rings. The summed E-state index contributed by atoms with van der Waals surface area (Å²) in [6.07, 6.45) is 2.13. The number of rotatable bonds is 6. The van der Waals surface area contributed by atoms with Gasteiger partial charge in [-0.1, -0.05) is 0 Å². The lowest BCUT2D eigenvalue weighted by molar-refractivity contribution is 0.392. The Balaban J connectivity index is 2.51. The molecule has 0 heterocycles. The van der Waals surface area contributed by atoms with E-state index in [1.54, 1.807) is 14.2 Å². The van der Waals surface area contributed by atoms with Gasteiger partial charge in [0.2, 0.25) is 0 Å². The zero-order valence-corrected chi connectivity index (χ0v) is 12.2. The largest absolute Gasteiger partial charge is 0.497 e. The summed E-state index contributed by atoms with van der Waals surface area (Å²) >= 11 is 0. The van der Waals surface area contributed by atoms with E-state index in [1.807, 2.05) is 6.07 Å². The third-order valence-corrected chi connectivity index (χ3v) is 2.71. The normalized spacial score (nSPS) is 11.4. The molecular formula is C15H25NO2. The maximum Gasteiger partial charge on any atom is 0.122 e. The van der Waals surface area contributed by atoms with Crippen molar-refractivity contribution in [3.05, 3.63) is 23.8 Å². The second-order valence-corrected chi connectivity index (χ2v) is 5.50. The molecule has 0 saturated heterocycles. The van der Waals surface area contributed by atoms with Crippen molar-refractivity contribution in [3.8, 4) is 11.5 Å². The molecule has 0 bridgehead atoms. The summed E-state index contributed by atoms with van der Waals surface area (Å²) in [5, 5.41) is 3.49. The lowest BCUT2D eigenvalue weighted by Gasteiger charge is -2.20. The fourth-order valence-corrected chi connectivity index (χ4v) is 1.77. The molecule has 0 saturated carbocycles. The predicted molar refractivity (Wildman–Crippen MR) is 75.6 cm³/mol. The Bertz CT molecular complexity index is 347. The third-order valence-electron chi connectivity index (χ3n) is 2.71. The van der Waals surface area contributed by atoms with Crippen LogP contribution in [0.15, 0.2) is 18.2 Å². The highest BCUT2D eigenvalue weighted by Gasteiger charge is 2.07. The summed E-state index contributed by atoms with van der Waals surface area (Å²) in [5.41, 5.74) is 1.44. The molecule has 1 aromatic carbocycles. The van der Waals surface area contributed by atoms with Crippen LogP contribution in [0.2, 0.25) is 0 Å². The van der Waals surface area contributed by atoms with Crippen molar-refractivity contribution in [1.29, 1.82) is 0 Å². The van der Waals surface area contributed by atoms with Gasteiger partial charge in [0.15, 0.2) is 0 Å². The molecule has 0 aliphatic rings. The van der Waals surface area contributed by atoms with E-state index in [2.05, 4.69) is 38.2 Å². The predicted octanol–water partition coefficient (Wildman–Crippen LogP) is 3.02. The fourth-order valence-electron chi connectivity index (χ4n) is 1.77. The van der Waals surface area contributed by atoms with Crippen molar-refractivity contribution in [2.24, 2.45) is 0 Å². The second kappa shape index (κ2) is 6.64. The van der Waals surface area contributed by atoms with Crippen molar-refractivity contribution in [3.63, 3.8) is 0 Å². The van der Waals surface area contributed by atoms with E-state index in [1.165, 1.54) is 5.56 Å². The van der Waals surface area contributed by atoms with Crippen LogP contribution in [0.25, 0.3) is 0 Å². The van der Waals surface area contributed by atoms with Crippen LogP contribution in [0.1, 0.15) is 32.8 Å². The summed E-state index contributed by atoms with van der Waals surface area (Å²) in [5.74, 6) is 1.71. The molecule has 0 radical (unpaired) electrons. The third kappa shape index (κ3) is 5.41. The highest BCUT2D eigenvalue weighted by atomic mass is 16.5. The topological polar surface area (TPSA) is 30.5 Å². The fraction of sp³-hybridized carbons (Fsp3) is 0.600. The zero-order chi connectivity index (χ0) is 13.6. The quantitative estimate of drug-likeness (QED) is 0.788. The number of ether oxygens (including phenoxy) is 2. The molecule has 0 aliphatic carbocycles. The Morgan fingerprint density at radius 2 is 1.56 bits per heavy atom. The summed E-state index contributed by atoms with van der Waals surface area (Å²) in [7, 11) is 3.36. The van der Waals surface area contributed by atoms with Crippen LogP contribution in [0.5, 0.6) is 11.5 Å². The van der Waals surface area contributed by atoms with Crippen LogP contribution in [0.3, 0.4) is 0 Å². The molecule has 0 fully saturated rings. The van der Waals surface area contributed by atoms with Crippen LogP contribution in [0.4, 0.5) is 0 Å². The maximum absolute atomic E-state index is 5.26. The Labute approximate surface area is 110 Å². The van der Waals surface area contributed by atoms with E-state index in [9.17, 15) is 0 Å². The first-order chi connectivity index (χ1) is 8.44. The molecule has 0 atom stereocenters. The monoisotopic (exact) mass is 251 g/mol. The standard InChI is InChI=1S/C15H25NO2/c1-15(2,3)16-8-6-7-12-9-13(17-4)11-14(10-12)18-5/h9-11,16H,6-8H2,1-5H3. The number of hydrogen-bond donors (Lipinski definition) is 1. The highest BCUT2D eigenvalue weighted by Crippen LogP contribution is 2.23.